The second-order valence-corrected chi connectivity index (χ2v) is 6.16. The van der Waals surface area contributed by atoms with Gasteiger partial charge in [-0.05, 0) is 23.9 Å². The van der Waals surface area contributed by atoms with E-state index in [2.05, 4.69) is 0 Å². The monoisotopic (exact) mass is 245 g/mol. The normalized spacial score (nSPS) is 11.2. The summed E-state index contributed by atoms with van der Waals surface area (Å²) < 4.78 is 23.4. The maximum absolute atomic E-state index is 11.7. The zero-order chi connectivity index (χ0) is 11.3. The maximum atomic E-state index is 11.7. The van der Waals surface area contributed by atoms with Gasteiger partial charge in [0.15, 0.2) is 9.84 Å². The first-order chi connectivity index (χ1) is 7.02. The van der Waals surface area contributed by atoms with Gasteiger partial charge >= 0.3 is 0 Å². The molecule has 82 valence electrons. The third-order valence-corrected chi connectivity index (χ3v) is 4.46. The summed E-state index contributed by atoms with van der Waals surface area (Å²) in [6, 6.07) is 8.33. The lowest BCUT2D eigenvalue weighted by atomic mass is 10.4. The van der Waals surface area contributed by atoms with Gasteiger partial charge in [-0.3, -0.25) is 11.1 Å². The van der Waals surface area contributed by atoms with Crippen molar-refractivity contribution in [2.45, 2.75) is 4.90 Å². The molecule has 0 heterocycles. The standard InChI is InChI=1S/C9H12N2O2S2/c10-9(11)14-6-7-15(12,13)8-4-2-1-3-5-8/h1-5H,6-7H2,(H3,10,11)/p+1. The van der Waals surface area contributed by atoms with Gasteiger partial charge in [-0.1, -0.05) is 18.2 Å². The largest absolute Gasteiger partial charge is 0.299 e. The van der Waals surface area contributed by atoms with Gasteiger partial charge in [0.05, 0.1) is 10.6 Å². The molecule has 0 saturated heterocycles. The number of benzene rings is 1. The fourth-order valence-corrected chi connectivity index (χ4v) is 3.27. The molecule has 4 N–H and O–H groups in total. The number of hydrogen-bond acceptors (Lipinski definition) is 3. The van der Waals surface area contributed by atoms with Crippen LogP contribution >= 0.6 is 11.8 Å². The molecule has 0 atom stereocenters. The summed E-state index contributed by atoms with van der Waals surface area (Å²) in [5.41, 5.74) is 5.22. The van der Waals surface area contributed by atoms with Crippen molar-refractivity contribution in [2.24, 2.45) is 5.73 Å². The molecule has 1 aromatic carbocycles. The molecule has 0 spiro atoms. The van der Waals surface area contributed by atoms with E-state index in [1.54, 1.807) is 30.3 Å². The highest BCUT2D eigenvalue weighted by molar-refractivity contribution is 8.14. The van der Waals surface area contributed by atoms with Crippen LogP contribution in [-0.2, 0) is 9.84 Å². The van der Waals surface area contributed by atoms with Crippen LogP contribution in [0, 0.1) is 0 Å². The van der Waals surface area contributed by atoms with Crippen molar-refractivity contribution in [3.8, 4) is 0 Å². The Labute approximate surface area is 93.3 Å². The van der Waals surface area contributed by atoms with Crippen molar-refractivity contribution in [2.75, 3.05) is 11.5 Å². The minimum atomic E-state index is -3.20. The summed E-state index contributed by atoms with van der Waals surface area (Å²) >= 11 is 1.15. The number of hydrogen-bond donors (Lipinski definition) is 2. The van der Waals surface area contributed by atoms with E-state index >= 15 is 0 Å². The molecule has 1 aromatic rings. The van der Waals surface area contributed by atoms with E-state index in [0.717, 1.165) is 11.8 Å². The second-order valence-electron chi connectivity index (χ2n) is 2.88. The Morgan fingerprint density at radius 1 is 1.33 bits per heavy atom. The molecule has 4 nitrogen and oxygen atoms in total. The van der Waals surface area contributed by atoms with Crippen LogP contribution in [0.2, 0.25) is 0 Å². The number of thioether (sulfide) groups is 1. The highest BCUT2D eigenvalue weighted by Crippen LogP contribution is 2.11. The maximum Gasteiger partial charge on any atom is 0.299 e. The van der Waals surface area contributed by atoms with Gasteiger partial charge < -0.3 is 0 Å². The van der Waals surface area contributed by atoms with Crippen molar-refractivity contribution in [1.82, 2.24) is 0 Å². The van der Waals surface area contributed by atoms with Crippen LogP contribution in [0.4, 0.5) is 0 Å². The smallest absolute Gasteiger partial charge is 0.282 e. The fourth-order valence-electron chi connectivity index (χ4n) is 1.01. The molecule has 0 aliphatic carbocycles. The first-order valence-corrected chi connectivity index (χ1v) is 6.94. The third kappa shape index (κ3) is 3.93. The molecular weight excluding hydrogens is 232 g/mol. The van der Waals surface area contributed by atoms with Crippen molar-refractivity contribution < 1.29 is 13.8 Å². The summed E-state index contributed by atoms with van der Waals surface area (Å²) in [5.74, 6) is 0.416. The molecule has 0 aliphatic rings. The van der Waals surface area contributed by atoms with Crippen LogP contribution < -0.4 is 11.1 Å². The van der Waals surface area contributed by atoms with Gasteiger partial charge in [0.25, 0.3) is 5.17 Å². The zero-order valence-corrected chi connectivity index (χ0v) is 9.72. The van der Waals surface area contributed by atoms with E-state index in [9.17, 15) is 8.42 Å². The molecule has 6 heteroatoms. The Kier molecular flexibility index (Phi) is 4.16. The molecule has 0 saturated carbocycles. The minimum Gasteiger partial charge on any atom is -0.282 e. The lowest BCUT2D eigenvalue weighted by Gasteiger charge is -2.01. The molecule has 0 unspecified atom stereocenters. The molecule has 0 radical (unpaired) electrons. The SMILES string of the molecule is NC(=[NH2+])SCCS(=O)(=O)c1ccccc1. The van der Waals surface area contributed by atoms with E-state index < -0.39 is 9.84 Å². The summed E-state index contributed by atoms with van der Waals surface area (Å²) in [6.45, 7) is 0. The van der Waals surface area contributed by atoms with Gasteiger partial charge in [0, 0.05) is 5.75 Å². The second kappa shape index (κ2) is 5.18. The van der Waals surface area contributed by atoms with Crippen LogP contribution in [0.5, 0.6) is 0 Å². The van der Waals surface area contributed by atoms with Crippen LogP contribution in [0.3, 0.4) is 0 Å². The predicted octanol–water partition coefficient (Wildman–Crippen LogP) is -0.733. The van der Waals surface area contributed by atoms with Crippen LogP contribution in [-0.4, -0.2) is 25.1 Å². The number of sulfone groups is 1. The van der Waals surface area contributed by atoms with Crippen LogP contribution in [0.15, 0.2) is 35.2 Å². The lowest BCUT2D eigenvalue weighted by Crippen LogP contribution is -2.43. The molecule has 0 bridgehead atoms. The Bertz CT molecular complexity index is 429. The Balaban J connectivity index is 2.65. The van der Waals surface area contributed by atoms with Gasteiger partial charge in [-0.2, -0.15) is 0 Å². The average Bonchev–Trinajstić information content (AvgIpc) is 2.18. The molecular formula is C9H13N2O2S2+. The van der Waals surface area contributed by atoms with Gasteiger partial charge in [-0.15, -0.1) is 0 Å². The van der Waals surface area contributed by atoms with Gasteiger partial charge in [0.2, 0.25) is 0 Å². The van der Waals surface area contributed by atoms with Crippen molar-refractivity contribution >= 4 is 26.8 Å². The van der Waals surface area contributed by atoms with Crippen LogP contribution in [0.25, 0.3) is 0 Å². The Morgan fingerprint density at radius 3 is 2.47 bits per heavy atom. The van der Waals surface area contributed by atoms with Gasteiger partial charge in [0.1, 0.15) is 0 Å². The molecule has 0 fully saturated rings. The van der Waals surface area contributed by atoms with Gasteiger partial charge in [-0.25, -0.2) is 8.42 Å². The van der Waals surface area contributed by atoms with E-state index in [0.29, 0.717) is 10.6 Å². The Hall–Kier alpha value is -1.01. The summed E-state index contributed by atoms with van der Waals surface area (Å²) in [4.78, 5) is 0.334. The Morgan fingerprint density at radius 2 is 1.93 bits per heavy atom. The number of amidine groups is 1. The summed E-state index contributed by atoms with van der Waals surface area (Å²) in [5, 5.41) is 5.42. The minimum absolute atomic E-state index is 0.0412. The highest BCUT2D eigenvalue weighted by Gasteiger charge is 2.13. The zero-order valence-electron chi connectivity index (χ0n) is 8.09. The third-order valence-electron chi connectivity index (χ3n) is 1.72. The lowest BCUT2D eigenvalue weighted by molar-refractivity contribution is -0.110. The van der Waals surface area contributed by atoms with E-state index in [1.807, 2.05) is 0 Å². The first-order valence-electron chi connectivity index (χ1n) is 4.31. The topological polar surface area (TPSA) is 85.8 Å². The summed E-state index contributed by atoms with van der Waals surface area (Å²) in [7, 11) is -3.20. The fraction of sp³-hybridized carbons (Fsp3) is 0.222. The summed E-state index contributed by atoms with van der Waals surface area (Å²) in [6.07, 6.45) is 0. The quantitative estimate of drug-likeness (QED) is 0.541. The molecule has 0 amide bonds. The van der Waals surface area contributed by atoms with Crippen molar-refractivity contribution in [1.29, 1.82) is 0 Å². The van der Waals surface area contributed by atoms with E-state index in [1.165, 1.54) is 0 Å². The van der Waals surface area contributed by atoms with Crippen molar-refractivity contribution in [3.63, 3.8) is 0 Å². The highest BCUT2D eigenvalue weighted by atomic mass is 32.2. The molecule has 0 aliphatic heterocycles. The molecule has 0 aromatic heterocycles. The average molecular weight is 245 g/mol. The number of nitrogens with two attached hydrogens (primary N) is 2. The van der Waals surface area contributed by atoms with Crippen molar-refractivity contribution in [3.05, 3.63) is 30.3 Å². The van der Waals surface area contributed by atoms with Crippen LogP contribution in [0.1, 0.15) is 0 Å². The number of rotatable bonds is 4. The van der Waals surface area contributed by atoms with E-state index in [-0.39, 0.29) is 10.9 Å². The first kappa shape index (κ1) is 12.1. The molecule has 15 heavy (non-hydrogen) atoms. The predicted molar refractivity (Wildman–Crippen MR) is 62.1 cm³/mol. The molecule has 1 rings (SSSR count). The van der Waals surface area contributed by atoms with E-state index in [4.69, 9.17) is 11.1 Å².